The molecule has 4 rings (SSSR count). The number of benzene rings is 2. The monoisotopic (exact) mass is 547 g/mol. The number of alkyl halides is 6. The van der Waals surface area contributed by atoms with Crippen LogP contribution >= 0.6 is 0 Å². The smallest absolute Gasteiger partial charge is 0.406 e. The third-order valence-corrected chi connectivity index (χ3v) is 6.67. The van der Waals surface area contributed by atoms with Gasteiger partial charge in [0.15, 0.2) is 0 Å². The molecule has 1 amide bonds. The number of anilines is 2. The highest BCUT2D eigenvalue weighted by molar-refractivity contribution is 5.91. The summed E-state index contributed by atoms with van der Waals surface area (Å²) in [4.78, 5) is 16.5. The average Bonchev–Trinajstić information content (AvgIpc) is 3.24. The number of aliphatic hydroxyl groups is 1. The van der Waals surface area contributed by atoms with Crippen LogP contribution in [0.15, 0.2) is 48.5 Å². The molecule has 208 valence electrons. The number of carbonyl (C=O) groups is 1. The number of aliphatic hydroxyl groups excluding tert-OH is 1. The van der Waals surface area contributed by atoms with E-state index in [0.29, 0.717) is 44.9 Å². The van der Waals surface area contributed by atoms with E-state index < -0.39 is 35.7 Å². The maximum Gasteiger partial charge on any atom is 0.573 e. The van der Waals surface area contributed by atoms with E-state index in [9.17, 15) is 36.2 Å². The lowest BCUT2D eigenvalue weighted by Gasteiger charge is -2.43. The highest BCUT2D eigenvalue weighted by Crippen LogP contribution is 2.35. The Morgan fingerprint density at radius 1 is 1.03 bits per heavy atom. The molecule has 2 aromatic rings. The zero-order valence-electron chi connectivity index (χ0n) is 20.2. The summed E-state index contributed by atoms with van der Waals surface area (Å²) >= 11 is 0. The van der Waals surface area contributed by atoms with E-state index >= 15 is 0 Å². The van der Waals surface area contributed by atoms with Crippen LogP contribution in [0.5, 0.6) is 5.75 Å². The van der Waals surface area contributed by atoms with Crippen LogP contribution in [-0.4, -0.2) is 73.3 Å². The Morgan fingerprint density at radius 2 is 1.71 bits per heavy atom. The molecule has 13 heteroatoms. The van der Waals surface area contributed by atoms with E-state index in [1.807, 2.05) is 9.80 Å². The normalized spacial score (nSPS) is 21.5. The van der Waals surface area contributed by atoms with E-state index in [2.05, 4.69) is 10.1 Å². The van der Waals surface area contributed by atoms with E-state index in [1.54, 1.807) is 12.1 Å². The standard InChI is InChI=1S/C25H27F6N3O4/c26-24(27,28)17-1-3-18(4-2-17)32-22(36)13-20(14-35)34-11-12-37-23(16-34)9-10-33(15-23)19-5-7-21(8-6-19)38-25(29,30)31/h1-8,20,35H,9-16H2,(H,32,36). The van der Waals surface area contributed by atoms with Crippen molar-refractivity contribution in [3.05, 3.63) is 54.1 Å². The topological polar surface area (TPSA) is 74.3 Å². The Hall–Kier alpha value is -3.03. The van der Waals surface area contributed by atoms with Crippen LogP contribution in [0.1, 0.15) is 18.4 Å². The fourth-order valence-electron chi connectivity index (χ4n) is 4.83. The Morgan fingerprint density at radius 3 is 2.32 bits per heavy atom. The fraction of sp³-hybridized carbons (Fsp3) is 0.480. The molecule has 2 aliphatic heterocycles. The Balaban J connectivity index is 1.34. The van der Waals surface area contributed by atoms with Gasteiger partial charge in [0.2, 0.25) is 5.91 Å². The number of nitrogens with zero attached hydrogens (tertiary/aromatic N) is 2. The molecule has 0 saturated carbocycles. The maximum atomic E-state index is 12.7. The Labute approximate surface area is 214 Å². The zero-order chi connectivity index (χ0) is 27.6. The van der Waals surface area contributed by atoms with Crippen LogP contribution in [0.25, 0.3) is 0 Å². The van der Waals surface area contributed by atoms with Gasteiger partial charge in [-0.15, -0.1) is 13.2 Å². The molecule has 2 unspecified atom stereocenters. The van der Waals surface area contributed by atoms with Gasteiger partial charge < -0.3 is 24.8 Å². The molecule has 2 aliphatic rings. The van der Waals surface area contributed by atoms with E-state index in [1.165, 1.54) is 24.3 Å². The van der Waals surface area contributed by atoms with Crippen LogP contribution < -0.4 is 15.0 Å². The molecule has 2 atom stereocenters. The number of hydrogen-bond donors (Lipinski definition) is 2. The Bertz CT molecular complexity index is 1090. The molecular weight excluding hydrogens is 520 g/mol. The van der Waals surface area contributed by atoms with Crippen molar-refractivity contribution >= 4 is 17.3 Å². The fourth-order valence-corrected chi connectivity index (χ4v) is 4.83. The number of morpholine rings is 1. The van der Waals surface area contributed by atoms with Crippen molar-refractivity contribution in [3.63, 3.8) is 0 Å². The van der Waals surface area contributed by atoms with Crippen molar-refractivity contribution in [2.45, 2.75) is 37.0 Å². The van der Waals surface area contributed by atoms with E-state index in [-0.39, 0.29) is 24.5 Å². The van der Waals surface area contributed by atoms with Gasteiger partial charge in [0.1, 0.15) is 5.75 Å². The van der Waals surface area contributed by atoms with Crippen molar-refractivity contribution < 1.29 is 45.7 Å². The summed E-state index contributed by atoms with van der Waals surface area (Å²) in [5.74, 6) is -0.755. The van der Waals surface area contributed by atoms with Crippen molar-refractivity contribution in [2.75, 3.05) is 49.6 Å². The van der Waals surface area contributed by atoms with Crippen LogP contribution in [0.2, 0.25) is 0 Å². The summed E-state index contributed by atoms with van der Waals surface area (Å²) in [6, 6.07) is 9.17. The summed E-state index contributed by atoms with van der Waals surface area (Å²) in [5.41, 5.74) is -0.474. The van der Waals surface area contributed by atoms with Gasteiger partial charge in [-0.1, -0.05) is 0 Å². The third-order valence-electron chi connectivity index (χ3n) is 6.67. The van der Waals surface area contributed by atoms with Crippen LogP contribution in [0, 0.1) is 0 Å². The minimum atomic E-state index is -4.77. The molecule has 2 aromatic carbocycles. The van der Waals surface area contributed by atoms with Gasteiger partial charge in [0.05, 0.1) is 24.4 Å². The van der Waals surface area contributed by atoms with E-state index in [0.717, 1.165) is 12.1 Å². The number of ether oxygens (including phenoxy) is 2. The molecule has 0 aromatic heterocycles. The van der Waals surface area contributed by atoms with Crippen LogP contribution in [0.3, 0.4) is 0 Å². The number of amides is 1. The number of rotatable bonds is 7. The molecule has 0 bridgehead atoms. The van der Waals surface area contributed by atoms with Crippen LogP contribution in [0.4, 0.5) is 37.7 Å². The summed E-state index contributed by atoms with van der Waals surface area (Å²) in [6.07, 6.45) is -8.67. The summed E-state index contributed by atoms with van der Waals surface area (Å²) in [6.45, 7) is 2.04. The van der Waals surface area contributed by atoms with E-state index in [4.69, 9.17) is 4.74 Å². The summed E-state index contributed by atoms with van der Waals surface area (Å²) in [7, 11) is 0. The van der Waals surface area contributed by atoms with Crippen molar-refractivity contribution in [3.8, 4) is 5.75 Å². The predicted octanol–water partition coefficient (Wildman–Crippen LogP) is 4.27. The second-order valence-electron chi connectivity index (χ2n) is 9.38. The molecule has 1 spiro atoms. The maximum absolute atomic E-state index is 12.7. The minimum absolute atomic E-state index is 0.0714. The first kappa shape index (κ1) is 28.0. The van der Waals surface area contributed by atoms with Gasteiger partial charge in [0.25, 0.3) is 0 Å². The molecule has 2 N–H and O–H groups in total. The second-order valence-corrected chi connectivity index (χ2v) is 9.38. The molecule has 2 saturated heterocycles. The largest absolute Gasteiger partial charge is 0.573 e. The SMILES string of the molecule is O=C(CC(CO)N1CCOC2(CCN(c3ccc(OC(F)(F)F)cc3)C2)C1)Nc1ccc(C(F)(F)F)cc1. The first-order chi connectivity index (χ1) is 17.9. The first-order valence-corrected chi connectivity index (χ1v) is 11.9. The molecule has 38 heavy (non-hydrogen) atoms. The predicted molar refractivity (Wildman–Crippen MR) is 126 cm³/mol. The lowest BCUT2D eigenvalue weighted by atomic mass is 9.98. The molecule has 0 radical (unpaired) electrons. The zero-order valence-corrected chi connectivity index (χ0v) is 20.2. The van der Waals surface area contributed by atoms with Gasteiger partial charge >= 0.3 is 12.5 Å². The quantitative estimate of drug-likeness (QED) is 0.505. The minimum Gasteiger partial charge on any atom is -0.406 e. The van der Waals surface area contributed by atoms with Gasteiger partial charge in [-0.3, -0.25) is 9.69 Å². The molecule has 2 heterocycles. The van der Waals surface area contributed by atoms with Crippen LogP contribution in [-0.2, 0) is 15.7 Å². The summed E-state index contributed by atoms with van der Waals surface area (Å²) < 4.78 is 85.5. The number of carbonyl (C=O) groups excluding carboxylic acids is 1. The molecular formula is C25H27F6N3O4. The van der Waals surface area contributed by atoms with Crippen molar-refractivity contribution in [1.82, 2.24) is 4.90 Å². The molecule has 2 fully saturated rings. The third kappa shape index (κ3) is 7.08. The number of nitrogens with one attached hydrogen (secondary N) is 1. The van der Waals surface area contributed by atoms with Gasteiger partial charge in [0, 0.05) is 50.0 Å². The highest BCUT2D eigenvalue weighted by atomic mass is 19.4. The van der Waals surface area contributed by atoms with Crippen molar-refractivity contribution in [2.24, 2.45) is 0 Å². The lowest BCUT2D eigenvalue weighted by Crippen LogP contribution is -2.57. The number of halogens is 6. The van der Waals surface area contributed by atoms with Gasteiger partial charge in [-0.25, -0.2) is 0 Å². The van der Waals surface area contributed by atoms with Crippen molar-refractivity contribution in [1.29, 1.82) is 0 Å². The molecule has 7 nitrogen and oxygen atoms in total. The van der Waals surface area contributed by atoms with Gasteiger partial charge in [-0.2, -0.15) is 13.2 Å². The lowest BCUT2D eigenvalue weighted by molar-refractivity contribution is -0.274. The average molecular weight is 547 g/mol. The second kappa shape index (κ2) is 11.0. The highest BCUT2D eigenvalue weighted by Gasteiger charge is 2.44. The number of hydrogen-bond acceptors (Lipinski definition) is 6. The Kier molecular flexibility index (Phi) is 8.09. The summed E-state index contributed by atoms with van der Waals surface area (Å²) in [5, 5.41) is 12.6. The van der Waals surface area contributed by atoms with Gasteiger partial charge in [-0.05, 0) is 55.0 Å². The molecule has 0 aliphatic carbocycles. The first-order valence-electron chi connectivity index (χ1n) is 11.9.